The summed E-state index contributed by atoms with van der Waals surface area (Å²) in [4.78, 5) is 26.0. The van der Waals surface area contributed by atoms with Crippen molar-refractivity contribution in [1.82, 2.24) is 10.4 Å². The number of ether oxygens (including phenoxy) is 1. The van der Waals surface area contributed by atoms with Gasteiger partial charge in [0.05, 0.1) is 0 Å². The van der Waals surface area contributed by atoms with Gasteiger partial charge in [0, 0.05) is 43.0 Å². The second kappa shape index (κ2) is 11.8. The maximum atomic E-state index is 13.0. The smallest absolute Gasteiger partial charge is 0.274 e. The molecule has 36 heavy (non-hydrogen) atoms. The fourth-order valence-electron chi connectivity index (χ4n) is 3.70. The van der Waals surface area contributed by atoms with Gasteiger partial charge in [0.1, 0.15) is 17.5 Å². The highest BCUT2D eigenvalue weighted by atomic mass is 32.2. The fraction of sp³-hybridized carbons (Fsp3) is 0.231. The van der Waals surface area contributed by atoms with E-state index in [0.29, 0.717) is 28.3 Å². The number of nitrogens with zero attached hydrogens (tertiary/aromatic N) is 2. The van der Waals surface area contributed by atoms with Crippen LogP contribution in [-0.2, 0) is 22.5 Å². The number of anilines is 1. The number of carbonyl (C=O) groups is 2. The number of hydrogen-bond donors (Lipinski definition) is 2. The average molecular weight is 511 g/mol. The molecule has 0 aliphatic rings. The van der Waals surface area contributed by atoms with Gasteiger partial charge in [-0.2, -0.15) is 0 Å². The third-order valence-electron chi connectivity index (χ3n) is 5.59. The lowest BCUT2D eigenvalue weighted by Gasteiger charge is -2.35. The van der Waals surface area contributed by atoms with Crippen LogP contribution in [0.3, 0.4) is 0 Å². The largest absolute Gasteiger partial charge is 0.755 e. The van der Waals surface area contributed by atoms with Crippen molar-refractivity contribution in [1.29, 1.82) is 0 Å². The minimum absolute atomic E-state index is 0.156. The van der Waals surface area contributed by atoms with E-state index in [2.05, 4.69) is 0 Å². The van der Waals surface area contributed by atoms with Gasteiger partial charge in [0.25, 0.3) is 5.91 Å². The van der Waals surface area contributed by atoms with Crippen LogP contribution in [0.1, 0.15) is 27.0 Å². The lowest BCUT2D eigenvalue weighted by molar-refractivity contribution is -0.129. The van der Waals surface area contributed by atoms with Gasteiger partial charge >= 0.3 is 0 Å². The second-order valence-corrected chi connectivity index (χ2v) is 9.32. The van der Waals surface area contributed by atoms with E-state index in [-0.39, 0.29) is 12.3 Å². The first-order valence-electron chi connectivity index (χ1n) is 11.1. The molecule has 2 atom stereocenters. The molecule has 0 aliphatic carbocycles. The molecule has 0 radical (unpaired) electrons. The van der Waals surface area contributed by atoms with Gasteiger partial charge in [-0.15, -0.1) is 0 Å². The van der Waals surface area contributed by atoms with Crippen LogP contribution >= 0.6 is 0 Å². The summed E-state index contributed by atoms with van der Waals surface area (Å²) in [7, 11) is 3.18. The first kappa shape index (κ1) is 26.9. The molecule has 3 aromatic carbocycles. The molecule has 2 amide bonds. The molecule has 190 valence electrons. The molecular weight excluding hydrogens is 482 g/mol. The maximum absolute atomic E-state index is 13.0. The molecule has 0 aliphatic heterocycles. The number of amides is 2. The van der Waals surface area contributed by atoms with Gasteiger partial charge in [-0.05, 0) is 67.4 Å². The van der Waals surface area contributed by atoms with Crippen molar-refractivity contribution >= 4 is 28.8 Å². The second-order valence-electron chi connectivity index (χ2n) is 8.49. The average Bonchev–Trinajstić information content (AvgIpc) is 2.84. The van der Waals surface area contributed by atoms with Crippen molar-refractivity contribution in [2.75, 3.05) is 18.4 Å². The van der Waals surface area contributed by atoms with Crippen molar-refractivity contribution in [2.24, 2.45) is 0 Å². The molecule has 2 unspecified atom stereocenters. The summed E-state index contributed by atoms with van der Waals surface area (Å²) < 4.78 is 31.4. The van der Waals surface area contributed by atoms with Crippen LogP contribution in [-0.4, -0.2) is 50.8 Å². The molecule has 0 bridgehead atoms. The highest BCUT2D eigenvalue weighted by Gasteiger charge is 2.29. The molecule has 3 rings (SSSR count). The Morgan fingerprint density at radius 1 is 1.00 bits per heavy atom. The summed E-state index contributed by atoms with van der Waals surface area (Å²) in [5.74, 6) is 0.0741. The predicted molar refractivity (Wildman–Crippen MR) is 136 cm³/mol. The first-order chi connectivity index (χ1) is 17.1. The fourth-order valence-corrected chi connectivity index (χ4v) is 4.36. The lowest BCUT2D eigenvalue weighted by atomic mass is 10.0. The molecule has 0 aromatic heterocycles. The Labute approximate surface area is 212 Å². The van der Waals surface area contributed by atoms with Crippen LogP contribution in [0.5, 0.6) is 11.5 Å². The Balaban J connectivity index is 1.82. The first-order valence-corrected chi connectivity index (χ1v) is 12.1. The van der Waals surface area contributed by atoms with E-state index in [4.69, 9.17) is 9.94 Å². The third kappa shape index (κ3) is 6.48. The molecule has 0 saturated carbocycles. The SMILES string of the molecule is Cc1ccc(N(C(Cc2ccc(Oc3ccc(C(=O)NO)c(C)c3)cc2)C(=O)N(C)C)S(=O)[O-])cc1. The van der Waals surface area contributed by atoms with Crippen molar-refractivity contribution in [3.05, 3.63) is 89.0 Å². The number of benzene rings is 3. The quantitative estimate of drug-likeness (QED) is 0.258. The topological polar surface area (TPSA) is 122 Å². The minimum atomic E-state index is -2.67. The van der Waals surface area contributed by atoms with E-state index < -0.39 is 23.2 Å². The highest BCUT2D eigenvalue weighted by molar-refractivity contribution is 7.80. The van der Waals surface area contributed by atoms with E-state index in [1.807, 2.05) is 6.92 Å². The van der Waals surface area contributed by atoms with Gasteiger partial charge in [0.15, 0.2) is 0 Å². The molecule has 9 nitrogen and oxygen atoms in total. The van der Waals surface area contributed by atoms with Crippen LogP contribution < -0.4 is 14.5 Å². The zero-order valence-electron chi connectivity index (χ0n) is 20.4. The molecule has 0 heterocycles. The lowest BCUT2D eigenvalue weighted by Crippen LogP contribution is -2.48. The Morgan fingerprint density at radius 2 is 1.61 bits per heavy atom. The molecule has 3 aromatic rings. The van der Waals surface area contributed by atoms with Crippen LogP contribution in [0, 0.1) is 13.8 Å². The van der Waals surface area contributed by atoms with Gasteiger partial charge in [-0.1, -0.05) is 29.8 Å². The molecule has 2 N–H and O–H groups in total. The van der Waals surface area contributed by atoms with E-state index in [1.54, 1.807) is 93.2 Å². The Kier molecular flexibility index (Phi) is 8.81. The summed E-state index contributed by atoms with van der Waals surface area (Å²) in [5, 5.41) is 8.82. The normalized spacial score (nSPS) is 12.4. The van der Waals surface area contributed by atoms with E-state index >= 15 is 0 Å². The predicted octanol–water partition coefficient (Wildman–Crippen LogP) is 3.51. The van der Waals surface area contributed by atoms with E-state index in [0.717, 1.165) is 15.4 Å². The van der Waals surface area contributed by atoms with Crippen molar-refractivity contribution < 1.29 is 28.3 Å². The standard InChI is InChI=1S/C26H29N3O6S/c1-17-5-9-20(10-6-17)29(36(33)34)24(26(31)28(3)4)16-19-7-11-21(12-8-19)35-22-13-14-23(18(2)15-22)25(30)27-32/h5-15,24,32H,16H2,1-4H3,(H,27,30)(H,33,34)/p-1. The molecule has 10 heteroatoms. The number of hydrogen-bond acceptors (Lipinski definition) is 6. The van der Waals surface area contributed by atoms with Crippen LogP contribution in [0.4, 0.5) is 5.69 Å². The number of likely N-dealkylation sites (N-methyl/N-ethyl adjacent to an activating group) is 1. The Bertz CT molecular complexity index is 1250. The Morgan fingerprint density at radius 3 is 2.14 bits per heavy atom. The Hall–Kier alpha value is -3.73. The van der Waals surface area contributed by atoms with Gasteiger partial charge in [-0.3, -0.25) is 23.3 Å². The number of nitrogens with one attached hydrogen (secondary N) is 1. The zero-order valence-corrected chi connectivity index (χ0v) is 21.2. The summed E-state index contributed by atoms with van der Waals surface area (Å²) in [6.45, 7) is 3.62. The van der Waals surface area contributed by atoms with E-state index in [1.165, 1.54) is 4.90 Å². The summed E-state index contributed by atoms with van der Waals surface area (Å²) >= 11 is -2.67. The maximum Gasteiger partial charge on any atom is 0.274 e. The van der Waals surface area contributed by atoms with Gasteiger partial charge < -0.3 is 14.2 Å². The van der Waals surface area contributed by atoms with Gasteiger partial charge in [0.2, 0.25) is 5.91 Å². The minimum Gasteiger partial charge on any atom is -0.755 e. The monoisotopic (exact) mass is 510 g/mol. The molecular formula is C26H28N3O6S-. The molecule has 0 fully saturated rings. The van der Waals surface area contributed by atoms with Gasteiger partial charge in [-0.25, -0.2) is 5.48 Å². The summed E-state index contributed by atoms with van der Waals surface area (Å²) in [6, 6.07) is 17.8. The highest BCUT2D eigenvalue weighted by Crippen LogP contribution is 2.26. The van der Waals surface area contributed by atoms with Crippen LogP contribution in [0.15, 0.2) is 66.7 Å². The number of hydroxylamine groups is 1. The molecule has 0 saturated heterocycles. The third-order valence-corrected chi connectivity index (χ3v) is 6.38. The van der Waals surface area contributed by atoms with E-state index in [9.17, 15) is 18.4 Å². The summed E-state index contributed by atoms with van der Waals surface area (Å²) in [6.07, 6.45) is 0.156. The zero-order chi connectivity index (χ0) is 26.4. The van der Waals surface area contributed by atoms with Crippen LogP contribution in [0.25, 0.3) is 0 Å². The van der Waals surface area contributed by atoms with Crippen molar-refractivity contribution in [3.63, 3.8) is 0 Å². The van der Waals surface area contributed by atoms with Crippen molar-refractivity contribution in [2.45, 2.75) is 26.3 Å². The van der Waals surface area contributed by atoms with Crippen LogP contribution in [0.2, 0.25) is 0 Å². The number of rotatable bonds is 9. The number of aryl methyl sites for hydroxylation is 2. The summed E-state index contributed by atoms with van der Waals surface area (Å²) in [5.41, 5.74) is 4.69. The number of carbonyl (C=O) groups excluding carboxylic acids is 2. The van der Waals surface area contributed by atoms with Crippen molar-refractivity contribution in [3.8, 4) is 11.5 Å². The molecule has 0 spiro atoms.